The Bertz CT molecular complexity index is 1910. The number of rotatable bonds is 79. The van der Waals surface area contributed by atoms with E-state index in [9.17, 15) is 43.2 Å². The Morgan fingerprint density at radius 3 is 0.687 bits per heavy atom. The first-order valence-corrected chi connectivity index (χ1v) is 44.5. The van der Waals surface area contributed by atoms with Gasteiger partial charge >= 0.3 is 39.5 Å². The molecular weight excluding hydrogens is 1290 g/mol. The minimum absolute atomic E-state index is 0.105. The number of aliphatic hydroxyl groups is 1. The van der Waals surface area contributed by atoms with Crippen LogP contribution in [0.3, 0.4) is 0 Å². The van der Waals surface area contributed by atoms with E-state index in [-0.39, 0.29) is 25.7 Å². The molecule has 0 aromatic rings. The fourth-order valence-corrected chi connectivity index (χ4v) is 13.9. The van der Waals surface area contributed by atoms with Crippen LogP contribution in [0.15, 0.2) is 0 Å². The van der Waals surface area contributed by atoms with Crippen molar-refractivity contribution in [2.75, 3.05) is 39.6 Å². The number of hydrogen-bond acceptors (Lipinski definition) is 15. The fraction of sp³-hybridized carbons (Fsp3) is 0.950. The summed E-state index contributed by atoms with van der Waals surface area (Å²) in [4.78, 5) is 72.8. The van der Waals surface area contributed by atoms with Crippen molar-refractivity contribution >= 4 is 39.5 Å². The molecule has 588 valence electrons. The van der Waals surface area contributed by atoms with Gasteiger partial charge in [-0.3, -0.25) is 37.3 Å². The second-order valence-corrected chi connectivity index (χ2v) is 32.7. The quantitative estimate of drug-likeness (QED) is 0.0222. The van der Waals surface area contributed by atoms with Crippen molar-refractivity contribution in [2.24, 2.45) is 11.8 Å². The van der Waals surface area contributed by atoms with Gasteiger partial charge in [0.1, 0.15) is 19.3 Å². The van der Waals surface area contributed by atoms with E-state index in [4.69, 9.17) is 37.0 Å². The van der Waals surface area contributed by atoms with E-state index in [2.05, 4.69) is 41.5 Å². The summed E-state index contributed by atoms with van der Waals surface area (Å²) in [7, 11) is -9.91. The van der Waals surface area contributed by atoms with Crippen LogP contribution in [-0.4, -0.2) is 96.7 Å². The SMILES string of the molecule is CCCCCCCCCCCCCCCCCCCCC(=O)OC[C@H](COP(=O)(O)OC[C@@H](O)COP(=O)(O)OC[C@@H](COC(=O)CCCCCCCCCC)OC(=O)CCCCCCCCCCCC(C)C)OC(=O)CCCCCCCCCCCCCCCCCCCCC(C)C. The molecule has 0 aliphatic carbocycles. The molecular formula is C80H156O17P2. The van der Waals surface area contributed by atoms with Gasteiger partial charge < -0.3 is 33.8 Å². The van der Waals surface area contributed by atoms with Crippen LogP contribution in [0, 0.1) is 11.8 Å². The molecule has 2 unspecified atom stereocenters. The van der Waals surface area contributed by atoms with E-state index in [1.807, 2.05) is 0 Å². The van der Waals surface area contributed by atoms with E-state index in [1.54, 1.807) is 0 Å². The lowest BCUT2D eigenvalue weighted by atomic mass is 10.0. The monoisotopic (exact) mass is 1450 g/mol. The van der Waals surface area contributed by atoms with Crippen molar-refractivity contribution in [3.05, 3.63) is 0 Å². The third kappa shape index (κ3) is 74.1. The van der Waals surface area contributed by atoms with Crippen molar-refractivity contribution in [3.8, 4) is 0 Å². The summed E-state index contributed by atoms with van der Waals surface area (Å²) in [5.41, 5.74) is 0. The maximum absolute atomic E-state index is 13.1. The molecule has 0 aromatic heterocycles. The molecule has 19 heteroatoms. The Hall–Kier alpha value is -1.94. The number of aliphatic hydroxyl groups excluding tert-OH is 1. The Labute approximate surface area is 607 Å². The normalized spacial score (nSPS) is 13.9. The third-order valence-electron chi connectivity index (χ3n) is 18.7. The van der Waals surface area contributed by atoms with Gasteiger partial charge in [-0.05, 0) is 37.5 Å². The molecule has 0 fully saturated rings. The minimum Gasteiger partial charge on any atom is -0.462 e. The highest BCUT2D eigenvalue weighted by atomic mass is 31.2. The van der Waals surface area contributed by atoms with Crippen molar-refractivity contribution < 1.29 is 80.2 Å². The van der Waals surface area contributed by atoms with Crippen molar-refractivity contribution in [2.45, 2.75) is 439 Å². The van der Waals surface area contributed by atoms with Gasteiger partial charge in [0.05, 0.1) is 26.4 Å². The molecule has 0 saturated carbocycles. The maximum atomic E-state index is 13.1. The summed E-state index contributed by atoms with van der Waals surface area (Å²) < 4.78 is 68.6. The molecule has 0 rings (SSSR count). The van der Waals surface area contributed by atoms with Crippen LogP contribution in [0.4, 0.5) is 0 Å². The molecule has 0 spiro atoms. The fourth-order valence-electron chi connectivity index (χ4n) is 12.4. The Kier molecular flexibility index (Phi) is 70.3. The molecule has 0 saturated heterocycles. The topological polar surface area (TPSA) is 237 Å². The molecule has 0 bridgehead atoms. The van der Waals surface area contributed by atoms with Crippen molar-refractivity contribution in [1.29, 1.82) is 0 Å². The standard InChI is InChI=1S/C80H156O17P2/c1-7-9-11-13-15-17-18-19-20-21-25-28-31-34-39-45-51-57-63-78(83)91-69-76(96-79(84)64-58-52-46-40-35-32-29-26-23-22-24-27-30-33-37-42-48-54-60-72(3)4)71-95-99(88,89)93-67-74(81)66-92-98(86,87)94-70-75(68-90-77(82)62-56-50-44-16-14-12-10-8-2)97-80(85)65-59-53-47-41-36-38-43-49-55-61-73(5)6/h72-76,81H,7-71H2,1-6H3,(H,86,87)(H,88,89)/t74-,75+,76+/m0/s1. The second kappa shape index (κ2) is 71.7. The van der Waals surface area contributed by atoms with E-state index in [0.717, 1.165) is 108 Å². The zero-order valence-corrected chi connectivity index (χ0v) is 66.6. The highest BCUT2D eigenvalue weighted by Crippen LogP contribution is 2.45. The summed E-state index contributed by atoms with van der Waals surface area (Å²) in [6.45, 7) is 9.61. The predicted octanol–water partition coefficient (Wildman–Crippen LogP) is 23.9. The van der Waals surface area contributed by atoms with Crippen LogP contribution in [-0.2, 0) is 65.4 Å². The van der Waals surface area contributed by atoms with Gasteiger partial charge in [-0.15, -0.1) is 0 Å². The summed E-state index contributed by atoms with van der Waals surface area (Å²) in [5.74, 6) is -0.557. The van der Waals surface area contributed by atoms with E-state index >= 15 is 0 Å². The number of hydrogen-bond donors (Lipinski definition) is 3. The van der Waals surface area contributed by atoms with Crippen molar-refractivity contribution in [1.82, 2.24) is 0 Å². The second-order valence-electron chi connectivity index (χ2n) is 29.8. The first-order chi connectivity index (χ1) is 47.9. The molecule has 0 radical (unpaired) electrons. The van der Waals surface area contributed by atoms with Crippen LogP contribution >= 0.6 is 15.6 Å². The van der Waals surface area contributed by atoms with Crippen LogP contribution in [0.2, 0.25) is 0 Å². The van der Waals surface area contributed by atoms with Crippen LogP contribution in [0.5, 0.6) is 0 Å². The van der Waals surface area contributed by atoms with Gasteiger partial charge in [-0.1, -0.05) is 369 Å². The summed E-state index contributed by atoms with van der Waals surface area (Å²) in [6.07, 6.45) is 61.3. The zero-order chi connectivity index (χ0) is 72.8. The molecule has 17 nitrogen and oxygen atoms in total. The number of ether oxygens (including phenoxy) is 4. The van der Waals surface area contributed by atoms with Gasteiger partial charge in [0.25, 0.3) is 0 Å². The van der Waals surface area contributed by atoms with Gasteiger partial charge in [0, 0.05) is 25.7 Å². The lowest BCUT2D eigenvalue weighted by Gasteiger charge is -2.21. The zero-order valence-electron chi connectivity index (χ0n) is 64.8. The smallest absolute Gasteiger partial charge is 0.462 e. The average molecular weight is 1450 g/mol. The van der Waals surface area contributed by atoms with E-state index in [0.29, 0.717) is 25.7 Å². The summed E-state index contributed by atoms with van der Waals surface area (Å²) in [5, 5.41) is 10.6. The molecule has 0 amide bonds. The lowest BCUT2D eigenvalue weighted by Crippen LogP contribution is -2.30. The maximum Gasteiger partial charge on any atom is 0.472 e. The van der Waals surface area contributed by atoms with Gasteiger partial charge in [-0.2, -0.15) is 0 Å². The highest BCUT2D eigenvalue weighted by molar-refractivity contribution is 7.47. The van der Waals surface area contributed by atoms with E-state index in [1.165, 1.54) is 231 Å². The first-order valence-electron chi connectivity index (χ1n) is 41.5. The van der Waals surface area contributed by atoms with Crippen LogP contribution in [0.1, 0.15) is 420 Å². The first kappa shape index (κ1) is 97.1. The Morgan fingerprint density at radius 1 is 0.273 bits per heavy atom. The van der Waals surface area contributed by atoms with E-state index < -0.39 is 97.5 Å². The largest absolute Gasteiger partial charge is 0.472 e. The van der Waals surface area contributed by atoms with Gasteiger partial charge in [0.15, 0.2) is 12.2 Å². The molecule has 0 heterocycles. The summed E-state index contributed by atoms with van der Waals surface area (Å²) in [6, 6.07) is 0. The number of carbonyl (C=O) groups is 4. The highest BCUT2D eigenvalue weighted by Gasteiger charge is 2.30. The number of carbonyl (C=O) groups excluding carboxylic acids is 4. The van der Waals surface area contributed by atoms with Crippen LogP contribution in [0.25, 0.3) is 0 Å². The van der Waals surface area contributed by atoms with Crippen LogP contribution < -0.4 is 0 Å². The molecule has 0 aliphatic rings. The molecule has 0 aliphatic heterocycles. The number of phosphoric acid groups is 2. The number of esters is 4. The van der Waals surface area contributed by atoms with Gasteiger partial charge in [-0.25, -0.2) is 9.13 Å². The predicted molar refractivity (Wildman–Crippen MR) is 405 cm³/mol. The van der Waals surface area contributed by atoms with Gasteiger partial charge in [0.2, 0.25) is 0 Å². The molecule has 0 aromatic carbocycles. The Balaban J connectivity index is 5.18. The average Bonchev–Trinajstić information content (AvgIpc) is 0.996. The number of unbranched alkanes of at least 4 members (excludes halogenated alkanes) is 49. The molecule has 99 heavy (non-hydrogen) atoms. The minimum atomic E-state index is -4.96. The third-order valence-corrected chi connectivity index (χ3v) is 20.6. The molecule has 5 atom stereocenters. The Morgan fingerprint density at radius 2 is 0.465 bits per heavy atom. The number of phosphoric ester groups is 2. The van der Waals surface area contributed by atoms with Crippen molar-refractivity contribution in [3.63, 3.8) is 0 Å². The lowest BCUT2D eigenvalue weighted by molar-refractivity contribution is -0.161. The summed E-state index contributed by atoms with van der Waals surface area (Å²) >= 11 is 0. The molecule has 3 N–H and O–H groups in total.